The lowest BCUT2D eigenvalue weighted by Crippen LogP contribution is -2.34. The van der Waals surface area contributed by atoms with E-state index in [4.69, 9.17) is 9.47 Å². The highest BCUT2D eigenvalue weighted by atomic mass is 16.5. The van der Waals surface area contributed by atoms with Crippen LogP contribution in [-0.4, -0.2) is 24.1 Å². The van der Waals surface area contributed by atoms with Gasteiger partial charge in [-0.25, -0.2) is 0 Å². The second-order valence-electron chi connectivity index (χ2n) is 10.9. The molecule has 1 rings (SSSR count). The third-order valence-electron chi connectivity index (χ3n) is 6.85. The smallest absolute Gasteiger partial charge is 0.306 e. The summed E-state index contributed by atoms with van der Waals surface area (Å²) in [6.07, 6.45) is 20.8. The van der Waals surface area contributed by atoms with Crippen LogP contribution in [0.15, 0.2) is 36.0 Å². The second-order valence-corrected chi connectivity index (χ2v) is 10.9. The molecule has 4 atom stereocenters. The number of carbonyl (C=O) groups is 2. The summed E-state index contributed by atoms with van der Waals surface area (Å²) in [6.45, 7) is 14.1. The van der Waals surface area contributed by atoms with Crippen LogP contribution in [0.4, 0.5) is 0 Å². The van der Waals surface area contributed by atoms with Crippen LogP contribution >= 0.6 is 0 Å². The van der Waals surface area contributed by atoms with Crippen molar-refractivity contribution in [1.29, 1.82) is 0 Å². The highest BCUT2D eigenvalue weighted by Crippen LogP contribution is 2.34. The molecule has 0 amide bonds. The molecular weight excluding hydrogens is 424 g/mol. The molecular formula is C30H50O4. The number of allylic oxidation sites excluding steroid dienone is 3. The number of carbonyl (C=O) groups excluding carboxylic acids is 2. The van der Waals surface area contributed by atoms with Gasteiger partial charge in [-0.15, -0.1) is 0 Å². The van der Waals surface area contributed by atoms with E-state index < -0.39 is 0 Å². The number of ether oxygens (including phenoxy) is 2. The molecule has 1 heterocycles. The lowest BCUT2D eigenvalue weighted by atomic mass is 9.78. The van der Waals surface area contributed by atoms with Crippen molar-refractivity contribution in [1.82, 2.24) is 0 Å². The van der Waals surface area contributed by atoms with Crippen molar-refractivity contribution in [2.75, 3.05) is 0 Å². The first-order valence-corrected chi connectivity index (χ1v) is 13.4. The Morgan fingerprint density at radius 2 is 1.79 bits per heavy atom. The van der Waals surface area contributed by atoms with E-state index >= 15 is 0 Å². The van der Waals surface area contributed by atoms with Gasteiger partial charge in [-0.2, -0.15) is 0 Å². The second kappa shape index (κ2) is 15.9. The third kappa shape index (κ3) is 12.0. The minimum Gasteiger partial charge on any atom is -0.458 e. The van der Waals surface area contributed by atoms with Crippen LogP contribution in [0.25, 0.3) is 0 Å². The zero-order chi connectivity index (χ0) is 25.6. The topological polar surface area (TPSA) is 52.6 Å². The van der Waals surface area contributed by atoms with Gasteiger partial charge in [-0.3, -0.25) is 9.59 Å². The Balaban J connectivity index is 2.93. The van der Waals surface area contributed by atoms with E-state index in [1.165, 1.54) is 45.4 Å². The Kier molecular flexibility index (Phi) is 14.2. The summed E-state index contributed by atoms with van der Waals surface area (Å²) in [4.78, 5) is 24.5. The third-order valence-corrected chi connectivity index (χ3v) is 6.85. The summed E-state index contributed by atoms with van der Waals surface area (Å²) >= 11 is 0. The summed E-state index contributed by atoms with van der Waals surface area (Å²) in [7, 11) is 0. The average molecular weight is 475 g/mol. The quantitative estimate of drug-likeness (QED) is 0.139. The molecule has 34 heavy (non-hydrogen) atoms. The summed E-state index contributed by atoms with van der Waals surface area (Å²) < 4.78 is 11.7. The van der Waals surface area contributed by atoms with Gasteiger partial charge < -0.3 is 9.47 Å². The van der Waals surface area contributed by atoms with Crippen molar-refractivity contribution in [2.45, 2.75) is 125 Å². The fraction of sp³-hybridized carbons (Fsp3) is 0.733. The maximum atomic E-state index is 12.7. The highest BCUT2D eigenvalue weighted by molar-refractivity contribution is 5.70. The maximum absolute atomic E-state index is 12.7. The Hall–Kier alpha value is -1.84. The van der Waals surface area contributed by atoms with E-state index in [-0.39, 0.29) is 41.4 Å². The van der Waals surface area contributed by atoms with Crippen LogP contribution in [0.2, 0.25) is 0 Å². The molecule has 4 nitrogen and oxygen atoms in total. The summed E-state index contributed by atoms with van der Waals surface area (Å²) in [5.41, 5.74) is 0.816. The van der Waals surface area contributed by atoms with E-state index in [0.717, 1.165) is 24.8 Å². The van der Waals surface area contributed by atoms with Gasteiger partial charge >= 0.3 is 11.9 Å². The van der Waals surface area contributed by atoms with Crippen molar-refractivity contribution in [3.8, 4) is 0 Å². The molecule has 0 aromatic heterocycles. The largest absolute Gasteiger partial charge is 0.458 e. The predicted octanol–water partition coefficient (Wildman–Crippen LogP) is 8.12. The summed E-state index contributed by atoms with van der Waals surface area (Å²) in [5.74, 6) is -0.233. The van der Waals surface area contributed by atoms with Crippen LogP contribution in [0.5, 0.6) is 0 Å². The lowest BCUT2D eigenvalue weighted by molar-refractivity contribution is -0.150. The zero-order valence-corrected chi connectivity index (χ0v) is 22.9. The van der Waals surface area contributed by atoms with Crippen molar-refractivity contribution >= 4 is 11.9 Å². The summed E-state index contributed by atoms with van der Waals surface area (Å²) in [6, 6.07) is 0. The van der Waals surface area contributed by atoms with Gasteiger partial charge in [0.05, 0.1) is 0 Å². The molecule has 0 N–H and O–H groups in total. The lowest BCUT2D eigenvalue weighted by Gasteiger charge is -2.34. The molecule has 0 spiro atoms. The minimum atomic E-state index is -0.338. The number of unbranched alkanes of at least 4 members (excludes halogenated alkanes) is 6. The average Bonchev–Trinajstić information content (AvgIpc) is 2.76. The van der Waals surface area contributed by atoms with Crippen molar-refractivity contribution in [3.05, 3.63) is 36.0 Å². The minimum absolute atomic E-state index is 0.0317. The molecule has 4 heteroatoms. The zero-order valence-electron chi connectivity index (χ0n) is 22.9. The van der Waals surface area contributed by atoms with Gasteiger partial charge in [0.2, 0.25) is 0 Å². The van der Waals surface area contributed by atoms with E-state index in [1.54, 1.807) is 0 Å². The first kappa shape index (κ1) is 30.2. The van der Waals surface area contributed by atoms with E-state index in [9.17, 15) is 9.59 Å². The molecule has 0 bridgehead atoms. The van der Waals surface area contributed by atoms with Crippen LogP contribution in [0, 0.1) is 17.3 Å². The number of hydrogen-bond acceptors (Lipinski definition) is 4. The molecule has 0 aromatic carbocycles. The molecule has 0 saturated heterocycles. The molecule has 4 unspecified atom stereocenters. The maximum Gasteiger partial charge on any atom is 0.306 e. The van der Waals surface area contributed by atoms with Crippen LogP contribution < -0.4 is 0 Å². The molecule has 194 valence electrons. The fourth-order valence-corrected chi connectivity index (χ4v) is 4.42. The number of hydrogen-bond donors (Lipinski definition) is 0. The van der Waals surface area contributed by atoms with Crippen LogP contribution in [0.3, 0.4) is 0 Å². The van der Waals surface area contributed by atoms with Crippen LogP contribution in [0.1, 0.15) is 113 Å². The molecule has 0 saturated carbocycles. The van der Waals surface area contributed by atoms with E-state index in [0.29, 0.717) is 6.42 Å². The Labute approximate surface area is 209 Å². The molecule has 1 aliphatic heterocycles. The van der Waals surface area contributed by atoms with Gasteiger partial charge in [0.1, 0.15) is 12.2 Å². The highest BCUT2D eigenvalue weighted by Gasteiger charge is 2.32. The normalized spacial score (nSPS) is 27.5. The van der Waals surface area contributed by atoms with Gasteiger partial charge in [0, 0.05) is 24.7 Å². The van der Waals surface area contributed by atoms with Crippen molar-refractivity contribution in [2.24, 2.45) is 17.3 Å². The molecule has 0 fully saturated rings. The van der Waals surface area contributed by atoms with Crippen molar-refractivity contribution in [3.63, 3.8) is 0 Å². The van der Waals surface area contributed by atoms with E-state index in [2.05, 4.69) is 52.8 Å². The van der Waals surface area contributed by atoms with Crippen molar-refractivity contribution < 1.29 is 19.1 Å². The molecule has 0 aromatic rings. The van der Waals surface area contributed by atoms with Crippen LogP contribution in [-0.2, 0) is 19.1 Å². The van der Waals surface area contributed by atoms with Gasteiger partial charge in [0.15, 0.2) is 0 Å². The molecule has 0 aliphatic carbocycles. The SMILES string of the molecule is CCCCCCCCC=C/C=C(\C)C1OC(=O)CC(C)CCC(C)(C)C(OC(C)=O)/C=C/C1C. The van der Waals surface area contributed by atoms with Gasteiger partial charge in [-0.1, -0.05) is 91.0 Å². The van der Waals surface area contributed by atoms with Gasteiger partial charge in [0.25, 0.3) is 0 Å². The Bertz CT molecular complexity index is 701. The Morgan fingerprint density at radius 3 is 2.47 bits per heavy atom. The Morgan fingerprint density at radius 1 is 1.12 bits per heavy atom. The summed E-state index contributed by atoms with van der Waals surface area (Å²) in [5, 5.41) is 0. The predicted molar refractivity (Wildman–Crippen MR) is 141 cm³/mol. The van der Waals surface area contributed by atoms with Gasteiger partial charge in [-0.05, 0) is 50.2 Å². The first-order chi connectivity index (χ1) is 16.1. The first-order valence-electron chi connectivity index (χ1n) is 13.4. The number of cyclic esters (lactones) is 1. The van der Waals surface area contributed by atoms with E-state index in [1.807, 2.05) is 19.1 Å². The monoisotopic (exact) mass is 474 g/mol. The molecule has 0 radical (unpaired) electrons. The standard InChI is InChI=1S/C30H50O4/c1-8-9-10-11-12-13-14-15-16-17-24(3)29-25(4)18-19-27(33-26(5)31)30(6,7)21-20-23(2)22-28(32)34-29/h15-19,23,25,27,29H,8-14,20-22H2,1-7H3/b16-15?,19-18+,24-17+. The fourth-order valence-electron chi connectivity index (χ4n) is 4.42. The molecule has 1 aliphatic rings. The number of esters is 2. The number of rotatable bonds is 10.